The molecule has 7 heteroatoms. The van der Waals surface area contributed by atoms with Crippen molar-refractivity contribution >= 4 is 15.8 Å². The molecule has 1 unspecified atom stereocenters. The molecule has 1 atom stereocenters. The lowest BCUT2D eigenvalue weighted by atomic mass is 10.0. The van der Waals surface area contributed by atoms with Gasteiger partial charge in [0.25, 0.3) is 0 Å². The van der Waals surface area contributed by atoms with Gasteiger partial charge >= 0.3 is 5.97 Å². The van der Waals surface area contributed by atoms with Crippen molar-refractivity contribution in [2.75, 3.05) is 11.5 Å². The summed E-state index contributed by atoms with van der Waals surface area (Å²) in [4.78, 5) is 10.7. The summed E-state index contributed by atoms with van der Waals surface area (Å²) in [5, 5.41) is 13.3. The van der Waals surface area contributed by atoms with Gasteiger partial charge in [0.2, 0.25) is 0 Å². The molecule has 0 saturated carbocycles. The number of aryl methyl sites for hydroxylation is 1. The maximum atomic E-state index is 11.7. The molecule has 0 aliphatic carbocycles. The Morgan fingerprint density at radius 3 is 2.60 bits per heavy atom. The first-order valence-electron chi connectivity index (χ1n) is 6.62. The molecule has 1 saturated heterocycles. The van der Waals surface area contributed by atoms with Gasteiger partial charge in [-0.15, -0.1) is 0 Å². The van der Waals surface area contributed by atoms with E-state index < -0.39 is 21.3 Å². The summed E-state index contributed by atoms with van der Waals surface area (Å²) < 4.78 is 25.2. The number of aromatic nitrogens is 2. The highest BCUT2D eigenvalue weighted by Gasteiger charge is 2.41. The molecule has 1 N–H and O–H groups in total. The van der Waals surface area contributed by atoms with Crippen molar-refractivity contribution in [1.82, 2.24) is 9.78 Å². The summed E-state index contributed by atoms with van der Waals surface area (Å²) in [6.45, 7) is 5.62. The molecule has 1 aliphatic rings. The third-order valence-electron chi connectivity index (χ3n) is 4.02. The lowest BCUT2D eigenvalue weighted by Crippen LogP contribution is -2.33. The molecule has 1 fully saturated rings. The third kappa shape index (κ3) is 2.72. The van der Waals surface area contributed by atoms with Crippen LogP contribution in [0.25, 0.3) is 0 Å². The van der Waals surface area contributed by atoms with Gasteiger partial charge in [-0.25, -0.2) is 8.42 Å². The molecule has 112 valence electrons. The minimum atomic E-state index is -3.00. The van der Waals surface area contributed by atoms with E-state index in [0.29, 0.717) is 12.8 Å². The number of aliphatic carboxylic acids is 1. The Hall–Kier alpha value is -1.37. The minimum absolute atomic E-state index is 0.0579. The summed E-state index contributed by atoms with van der Waals surface area (Å²) in [6.07, 6.45) is 1.04. The highest BCUT2D eigenvalue weighted by atomic mass is 32.2. The Labute approximate surface area is 118 Å². The van der Waals surface area contributed by atoms with Crippen molar-refractivity contribution in [1.29, 1.82) is 0 Å². The summed E-state index contributed by atoms with van der Waals surface area (Å²) in [5.41, 5.74) is 2.06. The van der Waals surface area contributed by atoms with Crippen LogP contribution < -0.4 is 0 Å². The second kappa shape index (κ2) is 4.87. The van der Waals surface area contributed by atoms with Crippen molar-refractivity contribution in [2.24, 2.45) is 0 Å². The second-order valence-electron chi connectivity index (χ2n) is 5.79. The number of hydrogen-bond donors (Lipinski definition) is 1. The predicted octanol–water partition coefficient (Wildman–Crippen LogP) is 1.05. The van der Waals surface area contributed by atoms with Crippen molar-refractivity contribution in [2.45, 2.75) is 45.6 Å². The van der Waals surface area contributed by atoms with Crippen molar-refractivity contribution in [3.63, 3.8) is 0 Å². The Bertz CT molecular complexity index is 648. The molecule has 2 heterocycles. The zero-order valence-corrected chi connectivity index (χ0v) is 12.8. The highest BCUT2D eigenvalue weighted by molar-refractivity contribution is 7.91. The first-order chi connectivity index (χ1) is 9.15. The van der Waals surface area contributed by atoms with Crippen molar-refractivity contribution in [3.05, 3.63) is 17.0 Å². The maximum absolute atomic E-state index is 11.7. The maximum Gasteiger partial charge on any atom is 0.303 e. The molecule has 1 aliphatic heterocycles. The Morgan fingerprint density at radius 2 is 2.10 bits per heavy atom. The lowest BCUT2D eigenvalue weighted by molar-refractivity contribution is -0.136. The minimum Gasteiger partial charge on any atom is -0.481 e. The second-order valence-corrected chi connectivity index (χ2v) is 7.98. The number of hydrogen-bond acceptors (Lipinski definition) is 4. The molecule has 6 nitrogen and oxygen atoms in total. The number of carbonyl (C=O) groups is 1. The van der Waals surface area contributed by atoms with Gasteiger partial charge in [0.1, 0.15) is 0 Å². The van der Waals surface area contributed by atoms with E-state index in [1.807, 2.05) is 20.8 Å². The molecule has 0 amide bonds. The average Bonchev–Trinajstić information content (AvgIpc) is 2.75. The van der Waals surface area contributed by atoms with Gasteiger partial charge < -0.3 is 5.11 Å². The molecular weight excluding hydrogens is 280 g/mol. The van der Waals surface area contributed by atoms with Gasteiger partial charge in [0, 0.05) is 12.1 Å². The molecule has 1 aromatic rings. The van der Waals surface area contributed by atoms with Crippen LogP contribution in [0, 0.1) is 13.8 Å². The van der Waals surface area contributed by atoms with Crippen LogP contribution in [0.5, 0.6) is 0 Å². The first kappa shape index (κ1) is 15.0. The molecule has 0 aromatic carbocycles. The molecule has 0 spiro atoms. The van der Waals surface area contributed by atoms with Crippen LogP contribution in [0.3, 0.4) is 0 Å². The van der Waals surface area contributed by atoms with Crippen molar-refractivity contribution in [3.8, 4) is 0 Å². The quantitative estimate of drug-likeness (QED) is 0.897. The van der Waals surface area contributed by atoms with E-state index in [0.717, 1.165) is 17.0 Å². The van der Waals surface area contributed by atoms with E-state index in [2.05, 4.69) is 5.10 Å². The average molecular weight is 300 g/mol. The largest absolute Gasteiger partial charge is 0.481 e. The molecule has 1 aromatic heterocycles. The molecule has 2 rings (SSSR count). The zero-order chi connectivity index (χ0) is 15.1. The van der Waals surface area contributed by atoms with E-state index in [1.165, 1.54) is 0 Å². The highest BCUT2D eigenvalue weighted by Crippen LogP contribution is 2.32. The van der Waals surface area contributed by atoms with Gasteiger partial charge in [0.05, 0.1) is 22.7 Å². The van der Waals surface area contributed by atoms with Gasteiger partial charge in [-0.1, -0.05) is 0 Å². The molecule has 0 radical (unpaired) electrons. The predicted molar refractivity (Wildman–Crippen MR) is 74.6 cm³/mol. The smallest absolute Gasteiger partial charge is 0.303 e. The van der Waals surface area contributed by atoms with Crippen LogP contribution in [-0.2, 0) is 26.6 Å². The fraction of sp³-hybridized carbons (Fsp3) is 0.692. The summed E-state index contributed by atoms with van der Waals surface area (Å²) >= 11 is 0. The molecular formula is C13H20N2O4S. The van der Waals surface area contributed by atoms with Crippen LogP contribution >= 0.6 is 0 Å². The number of sulfone groups is 1. The standard InChI is InChI=1S/C13H20N2O4S/c1-9-11(4-5-12(16)17)10(2)15(14-9)13(3)6-7-20(18,19)8-13/h4-8H2,1-3H3,(H,16,17). The fourth-order valence-electron chi connectivity index (χ4n) is 2.95. The van der Waals surface area contributed by atoms with E-state index in [4.69, 9.17) is 5.11 Å². The zero-order valence-electron chi connectivity index (χ0n) is 12.0. The van der Waals surface area contributed by atoms with Gasteiger partial charge in [-0.3, -0.25) is 9.48 Å². The van der Waals surface area contributed by atoms with E-state index in [1.54, 1.807) is 4.68 Å². The summed E-state index contributed by atoms with van der Waals surface area (Å²) in [6, 6.07) is 0. The van der Waals surface area contributed by atoms with Crippen LogP contribution in [0.15, 0.2) is 0 Å². The Kier molecular flexibility index (Phi) is 3.66. The summed E-state index contributed by atoms with van der Waals surface area (Å²) in [7, 11) is -3.00. The topological polar surface area (TPSA) is 89.3 Å². The van der Waals surface area contributed by atoms with Crippen LogP contribution in [-0.4, -0.2) is 40.8 Å². The van der Waals surface area contributed by atoms with Crippen LogP contribution in [0.2, 0.25) is 0 Å². The van der Waals surface area contributed by atoms with Crippen LogP contribution in [0.1, 0.15) is 36.7 Å². The SMILES string of the molecule is Cc1nn(C2(C)CCS(=O)(=O)C2)c(C)c1CCC(=O)O. The molecule has 20 heavy (non-hydrogen) atoms. The van der Waals surface area contributed by atoms with Gasteiger partial charge in [-0.2, -0.15) is 5.10 Å². The third-order valence-corrected chi connectivity index (χ3v) is 5.91. The normalized spacial score (nSPS) is 24.9. The first-order valence-corrected chi connectivity index (χ1v) is 8.44. The molecule has 0 bridgehead atoms. The van der Waals surface area contributed by atoms with E-state index >= 15 is 0 Å². The van der Waals surface area contributed by atoms with Gasteiger partial charge in [-0.05, 0) is 39.2 Å². The lowest BCUT2D eigenvalue weighted by Gasteiger charge is -2.24. The number of nitrogens with zero attached hydrogens (tertiary/aromatic N) is 2. The number of carboxylic acid groups (broad SMARTS) is 1. The van der Waals surface area contributed by atoms with E-state index in [9.17, 15) is 13.2 Å². The number of rotatable bonds is 4. The Morgan fingerprint density at radius 1 is 1.45 bits per heavy atom. The number of carboxylic acids is 1. The summed E-state index contributed by atoms with van der Waals surface area (Å²) in [5.74, 6) is -0.557. The monoisotopic (exact) mass is 300 g/mol. The van der Waals surface area contributed by atoms with E-state index in [-0.39, 0.29) is 17.9 Å². The Balaban J connectivity index is 2.35. The van der Waals surface area contributed by atoms with Gasteiger partial charge in [0.15, 0.2) is 9.84 Å². The fourth-order valence-corrected chi connectivity index (χ4v) is 5.06. The van der Waals surface area contributed by atoms with Crippen molar-refractivity contribution < 1.29 is 18.3 Å². The van der Waals surface area contributed by atoms with Crippen LogP contribution in [0.4, 0.5) is 0 Å².